The minimum atomic E-state index is -1.10. The van der Waals surface area contributed by atoms with Gasteiger partial charge in [0.05, 0.1) is 17.5 Å². The lowest BCUT2D eigenvalue weighted by Crippen LogP contribution is -2.19. The molecule has 9 nitrogen and oxygen atoms in total. The quantitative estimate of drug-likeness (QED) is 0.360. The molecule has 0 bridgehead atoms. The lowest BCUT2D eigenvalue weighted by atomic mass is 10.1. The number of amides is 2. The zero-order valence-electron chi connectivity index (χ0n) is 16.7. The van der Waals surface area contributed by atoms with Gasteiger partial charge in [-0.3, -0.25) is 9.59 Å². The number of aromatic nitrogens is 1. The standard InChI is InChI=1S/C22H18N4O5/c1-13-6-7-14(2)26(13)19-11-17(8-9-18(19)22(29)30)20(27)24-23-12-15-4-3-5-16(10-15)21(28)25-31/h3-12H,1-2H3,(H,24,27)(H,29,30)/b23-12+. The van der Waals surface area contributed by atoms with Gasteiger partial charge >= 0.3 is 11.9 Å². The first kappa shape index (κ1) is 21.3. The van der Waals surface area contributed by atoms with Gasteiger partial charge in [-0.1, -0.05) is 12.1 Å². The maximum absolute atomic E-state index is 12.5. The number of nitrogens with one attached hydrogen (secondary N) is 1. The molecule has 3 rings (SSSR count). The largest absolute Gasteiger partial charge is 0.478 e. The number of nitroso groups, excluding NO2 is 1. The molecule has 0 saturated carbocycles. The molecule has 1 aromatic heterocycles. The van der Waals surface area contributed by atoms with E-state index in [4.69, 9.17) is 0 Å². The summed E-state index contributed by atoms with van der Waals surface area (Å²) in [5.74, 6) is -2.55. The number of carboxylic acids is 1. The van der Waals surface area contributed by atoms with E-state index in [1.165, 1.54) is 36.5 Å². The summed E-state index contributed by atoms with van der Waals surface area (Å²) < 4.78 is 1.76. The van der Waals surface area contributed by atoms with Gasteiger partial charge in [0, 0.05) is 27.7 Å². The molecule has 3 aromatic rings. The lowest BCUT2D eigenvalue weighted by molar-refractivity contribution is 0.0696. The Morgan fingerprint density at radius 1 is 0.968 bits per heavy atom. The number of rotatable bonds is 6. The smallest absolute Gasteiger partial charge is 0.337 e. The summed E-state index contributed by atoms with van der Waals surface area (Å²) in [5.41, 5.74) is 5.27. The summed E-state index contributed by atoms with van der Waals surface area (Å²) in [6.07, 6.45) is 1.31. The van der Waals surface area contributed by atoms with E-state index < -0.39 is 17.8 Å². The van der Waals surface area contributed by atoms with Crippen LogP contribution >= 0.6 is 0 Å². The van der Waals surface area contributed by atoms with Crippen LogP contribution in [0.25, 0.3) is 5.69 Å². The zero-order chi connectivity index (χ0) is 22.5. The van der Waals surface area contributed by atoms with Gasteiger partial charge in [-0.25, -0.2) is 10.2 Å². The molecule has 0 aliphatic carbocycles. The van der Waals surface area contributed by atoms with Crippen molar-refractivity contribution in [3.05, 3.63) is 93.1 Å². The van der Waals surface area contributed by atoms with Crippen molar-refractivity contribution >= 4 is 24.0 Å². The molecular formula is C22H18N4O5. The van der Waals surface area contributed by atoms with Crippen molar-refractivity contribution in [3.8, 4) is 5.69 Å². The average Bonchev–Trinajstić information content (AvgIpc) is 3.10. The zero-order valence-corrected chi connectivity index (χ0v) is 16.7. The van der Waals surface area contributed by atoms with Gasteiger partial charge in [0.25, 0.3) is 5.91 Å². The Hall–Kier alpha value is -4.40. The van der Waals surface area contributed by atoms with Crippen LogP contribution in [-0.4, -0.2) is 33.7 Å². The Kier molecular flexibility index (Phi) is 6.15. The molecule has 0 atom stereocenters. The van der Waals surface area contributed by atoms with Crippen LogP contribution in [0.3, 0.4) is 0 Å². The molecule has 0 spiro atoms. The SMILES string of the molecule is Cc1ccc(C)n1-c1cc(C(=O)N/N=C/c2cccc(C(=O)N=O)c2)ccc1C(=O)O. The number of carboxylic acid groups (broad SMARTS) is 1. The van der Waals surface area contributed by atoms with E-state index in [1.54, 1.807) is 16.7 Å². The van der Waals surface area contributed by atoms with Crippen LogP contribution in [0.15, 0.2) is 64.9 Å². The highest BCUT2D eigenvalue weighted by Gasteiger charge is 2.17. The molecule has 2 N–H and O–H groups in total. The molecule has 0 aliphatic heterocycles. The number of carbonyl (C=O) groups is 3. The normalized spacial score (nSPS) is 10.8. The second-order valence-electron chi connectivity index (χ2n) is 6.71. The average molecular weight is 418 g/mol. The molecule has 2 amide bonds. The fraction of sp³-hybridized carbons (Fsp3) is 0.0909. The summed E-state index contributed by atoms with van der Waals surface area (Å²) in [4.78, 5) is 45.9. The molecule has 0 fully saturated rings. The number of carbonyl (C=O) groups excluding carboxylic acids is 2. The Bertz CT molecular complexity index is 1210. The number of hydrogen-bond acceptors (Lipinski definition) is 5. The maximum Gasteiger partial charge on any atom is 0.337 e. The third-order valence-electron chi connectivity index (χ3n) is 4.60. The Morgan fingerprint density at radius 3 is 2.32 bits per heavy atom. The summed E-state index contributed by atoms with van der Waals surface area (Å²) >= 11 is 0. The number of nitrogens with zero attached hydrogens (tertiary/aromatic N) is 3. The highest BCUT2D eigenvalue weighted by molar-refractivity contribution is 5.99. The first-order chi connectivity index (χ1) is 14.8. The van der Waals surface area contributed by atoms with Crippen LogP contribution in [-0.2, 0) is 0 Å². The van der Waals surface area contributed by atoms with E-state index in [-0.39, 0.29) is 16.7 Å². The van der Waals surface area contributed by atoms with Crippen LogP contribution in [0.2, 0.25) is 0 Å². The monoisotopic (exact) mass is 418 g/mol. The lowest BCUT2D eigenvalue weighted by Gasteiger charge is -2.14. The molecule has 1 heterocycles. The van der Waals surface area contributed by atoms with Crippen molar-refractivity contribution in [1.29, 1.82) is 0 Å². The maximum atomic E-state index is 12.5. The van der Waals surface area contributed by atoms with E-state index in [1.807, 2.05) is 26.0 Å². The molecule has 0 aliphatic rings. The predicted molar refractivity (Wildman–Crippen MR) is 114 cm³/mol. The molecule has 31 heavy (non-hydrogen) atoms. The molecular weight excluding hydrogens is 400 g/mol. The van der Waals surface area contributed by atoms with Crippen LogP contribution in [0, 0.1) is 18.8 Å². The van der Waals surface area contributed by atoms with Crippen LogP contribution in [0.5, 0.6) is 0 Å². The summed E-state index contributed by atoms with van der Waals surface area (Å²) in [5, 5.41) is 15.8. The highest BCUT2D eigenvalue weighted by atomic mass is 16.4. The fourth-order valence-electron chi connectivity index (χ4n) is 3.12. The van der Waals surface area contributed by atoms with Gasteiger partial charge in [0.15, 0.2) is 0 Å². The minimum Gasteiger partial charge on any atom is -0.478 e. The number of hydrogen-bond donors (Lipinski definition) is 2. The molecule has 156 valence electrons. The van der Waals surface area contributed by atoms with E-state index in [9.17, 15) is 24.4 Å². The van der Waals surface area contributed by atoms with Crippen molar-refractivity contribution in [1.82, 2.24) is 9.99 Å². The van der Waals surface area contributed by atoms with Crippen molar-refractivity contribution < 1.29 is 19.5 Å². The summed E-state index contributed by atoms with van der Waals surface area (Å²) in [7, 11) is 0. The first-order valence-corrected chi connectivity index (χ1v) is 9.15. The van der Waals surface area contributed by atoms with E-state index in [0.29, 0.717) is 11.3 Å². The third-order valence-corrected chi connectivity index (χ3v) is 4.60. The number of hydrazone groups is 1. The number of aromatic carboxylic acids is 1. The Balaban J connectivity index is 1.85. The summed E-state index contributed by atoms with van der Waals surface area (Å²) in [6.45, 7) is 3.68. The van der Waals surface area contributed by atoms with Gasteiger partial charge in [-0.2, -0.15) is 5.10 Å². The number of benzene rings is 2. The minimum absolute atomic E-state index is 0.0627. The fourth-order valence-corrected chi connectivity index (χ4v) is 3.12. The van der Waals surface area contributed by atoms with Crippen LogP contribution in [0.1, 0.15) is 48.0 Å². The van der Waals surface area contributed by atoms with E-state index in [2.05, 4.69) is 15.7 Å². The van der Waals surface area contributed by atoms with Crippen molar-refractivity contribution in [3.63, 3.8) is 0 Å². The molecule has 2 aromatic carbocycles. The van der Waals surface area contributed by atoms with Gasteiger partial charge in [0.1, 0.15) is 0 Å². The molecule has 0 radical (unpaired) electrons. The van der Waals surface area contributed by atoms with Gasteiger partial charge in [-0.05, 0) is 61.9 Å². The van der Waals surface area contributed by atoms with Crippen molar-refractivity contribution in [2.45, 2.75) is 13.8 Å². The number of aryl methyl sites for hydroxylation is 2. The van der Waals surface area contributed by atoms with Gasteiger partial charge in [-0.15, -0.1) is 4.91 Å². The Morgan fingerprint density at radius 2 is 1.68 bits per heavy atom. The predicted octanol–water partition coefficient (Wildman–Crippen LogP) is 3.46. The van der Waals surface area contributed by atoms with E-state index >= 15 is 0 Å². The third kappa shape index (κ3) is 4.61. The second kappa shape index (κ2) is 8.95. The van der Waals surface area contributed by atoms with Gasteiger partial charge < -0.3 is 9.67 Å². The van der Waals surface area contributed by atoms with Crippen LogP contribution in [0.4, 0.5) is 0 Å². The second-order valence-corrected chi connectivity index (χ2v) is 6.71. The van der Waals surface area contributed by atoms with E-state index in [0.717, 1.165) is 11.4 Å². The van der Waals surface area contributed by atoms with Crippen LogP contribution < -0.4 is 5.43 Å². The molecule has 9 heteroatoms. The highest BCUT2D eigenvalue weighted by Crippen LogP contribution is 2.22. The van der Waals surface area contributed by atoms with Crippen molar-refractivity contribution in [2.24, 2.45) is 10.3 Å². The first-order valence-electron chi connectivity index (χ1n) is 9.15. The molecule has 0 unspecified atom stereocenters. The van der Waals surface area contributed by atoms with Gasteiger partial charge in [0.2, 0.25) is 0 Å². The Labute approximate surface area is 177 Å². The topological polar surface area (TPSA) is 130 Å². The molecule has 0 saturated heterocycles. The van der Waals surface area contributed by atoms with Crippen molar-refractivity contribution in [2.75, 3.05) is 0 Å². The summed E-state index contributed by atoms with van der Waals surface area (Å²) in [6, 6.07) is 14.0.